The summed E-state index contributed by atoms with van der Waals surface area (Å²) in [6, 6.07) is 0. The highest BCUT2D eigenvalue weighted by atomic mass is 32.2. The molecule has 27 heavy (non-hydrogen) atoms. The van der Waals surface area contributed by atoms with E-state index < -0.39 is 15.6 Å². The number of fused-ring (bicyclic) bond motifs is 5. The zero-order valence-electron chi connectivity index (χ0n) is 15.9. The number of rotatable bonds is 0. The molecule has 4 rings (SSSR count). The van der Waals surface area contributed by atoms with Crippen LogP contribution in [0.4, 0.5) is 13.2 Å². The molecule has 7 heteroatoms. The first kappa shape index (κ1) is 20.9. The van der Waals surface area contributed by atoms with Crippen LogP contribution in [0.2, 0.25) is 0 Å². The fourth-order valence-electron chi connectivity index (χ4n) is 6.29. The molecule has 0 unspecified atom stereocenters. The molecule has 0 aliphatic heterocycles. The topological polar surface area (TPSA) is 54.4 Å². The predicted octanol–water partition coefficient (Wildman–Crippen LogP) is 5.90. The van der Waals surface area contributed by atoms with Gasteiger partial charge in [-0.2, -0.15) is 21.6 Å². The molecule has 0 aromatic carbocycles. The quantitative estimate of drug-likeness (QED) is 0.402. The monoisotopic (exact) mass is 406 g/mol. The first-order valence-corrected chi connectivity index (χ1v) is 11.2. The van der Waals surface area contributed by atoms with Gasteiger partial charge in [0, 0.05) is 0 Å². The van der Waals surface area contributed by atoms with Gasteiger partial charge in [-0.15, -0.1) is 0 Å². The van der Waals surface area contributed by atoms with Gasteiger partial charge < -0.3 is 0 Å². The summed E-state index contributed by atoms with van der Waals surface area (Å²) >= 11 is 0. The standard InChI is InChI=1S/C19H28.CHF3O3S/c1-18-11-5-7-16(18)15-9-8-14-6-3-4-12-19(14,2)17(15)10-13-18;2-1(3,4)8(5,6)7/h3,6,8,15-17H,4-5,7,9-13H2,1-2H3;(H,5,6,7)/t15-,16-,17-,18-,19-;/m0./s1. The first-order chi connectivity index (χ1) is 12.4. The molecular formula is C20H29F3O3S. The maximum absolute atomic E-state index is 10.7. The summed E-state index contributed by atoms with van der Waals surface area (Å²) in [6.45, 7) is 5.18. The van der Waals surface area contributed by atoms with Gasteiger partial charge in [0.1, 0.15) is 0 Å². The average Bonchev–Trinajstić information content (AvgIpc) is 2.95. The van der Waals surface area contributed by atoms with Gasteiger partial charge in [0.25, 0.3) is 0 Å². The number of hydrogen-bond donors (Lipinski definition) is 1. The summed E-state index contributed by atoms with van der Waals surface area (Å²) in [4.78, 5) is 0. The lowest BCUT2D eigenvalue weighted by Gasteiger charge is -2.56. The highest BCUT2D eigenvalue weighted by molar-refractivity contribution is 7.86. The summed E-state index contributed by atoms with van der Waals surface area (Å²) < 4.78 is 57.5. The van der Waals surface area contributed by atoms with Gasteiger partial charge in [-0.1, -0.05) is 38.5 Å². The molecule has 0 saturated heterocycles. The van der Waals surface area contributed by atoms with Crippen molar-refractivity contribution in [1.29, 1.82) is 0 Å². The second kappa shape index (κ2) is 6.90. The lowest BCUT2D eigenvalue weighted by molar-refractivity contribution is -0.0510. The molecule has 0 heterocycles. The molecule has 1 N–H and O–H groups in total. The van der Waals surface area contributed by atoms with Crippen LogP contribution >= 0.6 is 0 Å². The van der Waals surface area contributed by atoms with Gasteiger partial charge in [0.15, 0.2) is 0 Å². The van der Waals surface area contributed by atoms with Gasteiger partial charge >= 0.3 is 15.6 Å². The van der Waals surface area contributed by atoms with Crippen LogP contribution in [0.5, 0.6) is 0 Å². The summed E-state index contributed by atoms with van der Waals surface area (Å²) in [7, 11) is -5.84. The lowest BCUT2D eigenvalue weighted by atomic mass is 9.49. The maximum atomic E-state index is 10.7. The second-order valence-electron chi connectivity index (χ2n) is 9.14. The Kier molecular flexibility index (Phi) is 5.34. The molecule has 5 atom stereocenters. The Morgan fingerprint density at radius 1 is 1.11 bits per heavy atom. The Hall–Kier alpha value is -0.820. The number of halogens is 3. The van der Waals surface area contributed by atoms with Gasteiger partial charge in [-0.25, -0.2) is 0 Å². The Morgan fingerprint density at radius 2 is 1.78 bits per heavy atom. The molecule has 154 valence electrons. The summed E-state index contributed by atoms with van der Waals surface area (Å²) in [5.74, 6) is 3.02. The maximum Gasteiger partial charge on any atom is 0.522 e. The van der Waals surface area contributed by atoms with E-state index in [2.05, 4.69) is 32.1 Å². The Labute approximate surface area is 159 Å². The van der Waals surface area contributed by atoms with Crippen molar-refractivity contribution in [3.8, 4) is 0 Å². The SMILES string of the molecule is C[C@@]12CCC[C@H]1[C@@H]1CC=C3C=CCC[C@]3(C)[C@H]1CC2.O=S(=O)(O)C(F)(F)F. The van der Waals surface area contributed by atoms with Crippen LogP contribution in [-0.4, -0.2) is 18.5 Å². The van der Waals surface area contributed by atoms with Crippen molar-refractivity contribution in [2.45, 2.75) is 70.7 Å². The van der Waals surface area contributed by atoms with E-state index in [-0.39, 0.29) is 0 Å². The second-order valence-corrected chi connectivity index (χ2v) is 10.5. The van der Waals surface area contributed by atoms with Gasteiger partial charge in [-0.3, -0.25) is 4.55 Å². The summed E-state index contributed by atoms with van der Waals surface area (Å²) in [5, 5.41) is 0. The first-order valence-electron chi connectivity index (χ1n) is 9.79. The zero-order valence-corrected chi connectivity index (χ0v) is 16.7. The number of alkyl halides is 3. The third-order valence-corrected chi connectivity index (χ3v) is 8.31. The van der Waals surface area contributed by atoms with Crippen LogP contribution in [0.25, 0.3) is 0 Å². The predicted molar refractivity (Wildman–Crippen MR) is 98.4 cm³/mol. The zero-order chi connectivity index (χ0) is 20.1. The van der Waals surface area contributed by atoms with E-state index in [9.17, 15) is 13.2 Å². The van der Waals surface area contributed by atoms with Gasteiger partial charge in [0.05, 0.1) is 0 Å². The van der Waals surface area contributed by atoms with Crippen molar-refractivity contribution in [1.82, 2.24) is 0 Å². The van der Waals surface area contributed by atoms with Crippen molar-refractivity contribution in [3.63, 3.8) is 0 Å². The van der Waals surface area contributed by atoms with Crippen LogP contribution in [0.15, 0.2) is 23.8 Å². The van der Waals surface area contributed by atoms with E-state index >= 15 is 0 Å². The van der Waals surface area contributed by atoms with E-state index in [4.69, 9.17) is 13.0 Å². The molecule has 0 bridgehead atoms. The largest absolute Gasteiger partial charge is 0.522 e. The number of hydrogen-bond acceptors (Lipinski definition) is 2. The lowest BCUT2D eigenvalue weighted by Crippen LogP contribution is -2.47. The normalized spacial score (nSPS) is 40.8. The molecule has 2 saturated carbocycles. The van der Waals surface area contributed by atoms with Crippen molar-refractivity contribution in [2.75, 3.05) is 0 Å². The minimum atomic E-state index is -5.84. The van der Waals surface area contributed by atoms with Crippen LogP contribution in [0.1, 0.15) is 65.2 Å². The molecule has 4 aliphatic rings. The Bertz CT molecular complexity index is 740. The minimum Gasteiger partial charge on any atom is -0.279 e. The minimum absolute atomic E-state index is 0.515. The van der Waals surface area contributed by atoms with Crippen LogP contribution in [0, 0.1) is 28.6 Å². The molecule has 0 radical (unpaired) electrons. The molecular weight excluding hydrogens is 377 g/mol. The highest BCUT2D eigenvalue weighted by Crippen LogP contribution is 2.64. The van der Waals surface area contributed by atoms with Crippen LogP contribution in [-0.2, 0) is 10.1 Å². The van der Waals surface area contributed by atoms with Gasteiger partial charge in [-0.05, 0) is 79.1 Å². The van der Waals surface area contributed by atoms with E-state index in [1.807, 2.05) is 0 Å². The van der Waals surface area contributed by atoms with Crippen molar-refractivity contribution in [3.05, 3.63) is 23.8 Å². The van der Waals surface area contributed by atoms with E-state index in [0.29, 0.717) is 10.8 Å². The van der Waals surface area contributed by atoms with Crippen LogP contribution < -0.4 is 0 Å². The highest BCUT2D eigenvalue weighted by Gasteiger charge is 2.54. The molecule has 4 aliphatic carbocycles. The third-order valence-electron chi connectivity index (χ3n) is 7.73. The van der Waals surface area contributed by atoms with E-state index in [1.165, 1.54) is 51.4 Å². The average molecular weight is 407 g/mol. The van der Waals surface area contributed by atoms with Crippen molar-refractivity contribution in [2.24, 2.45) is 28.6 Å². The smallest absolute Gasteiger partial charge is 0.279 e. The Balaban J connectivity index is 0.000000226. The summed E-state index contributed by atoms with van der Waals surface area (Å²) in [5.41, 5.74) is -2.64. The summed E-state index contributed by atoms with van der Waals surface area (Å²) in [6.07, 6.45) is 19.1. The van der Waals surface area contributed by atoms with Crippen molar-refractivity contribution >= 4 is 10.1 Å². The molecule has 0 spiro atoms. The van der Waals surface area contributed by atoms with E-state index in [1.54, 1.807) is 5.57 Å². The molecule has 0 aromatic rings. The third kappa shape index (κ3) is 3.74. The number of allylic oxidation sites excluding steroid dienone is 4. The molecule has 0 aromatic heterocycles. The van der Waals surface area contributed by atoms with E-state index in [0.717, 1.165) is 17.8 Å². The fraction of sp³-hybridized carbons (Fsp3) is 0.800. The molecule has 0 amide bonds. The molecule has 2 fully saturated rings. The van der Waals surface area contributed by atoms with Crippen LogP contribution in [0.3, 0.4) is 0 Å². The molecule has 3 nitrogen and oxygen atoms in total. The fourth-order valence-corrected chi connectivity index (χ4v) is 6.29. The Morgan fingerprint density at radius 3 is 2.41 bits per heavy atom. The van der Waals surface area contributed by atoms with Gasteiger partial charge in [0.2, 0.25) is 0 Å². The van der Waals surface area contributed by atoms with Crippen molar-refractivity contribution < 1.29 is 26.1 Å².